The van der Waals surface area contributed by atoms with Crippen molar-refractivity contribution in [3.8, 4) is 23.5 Å². The van der Waals surface area contributed by atoms with Crippen molar-refractivity contribution in [2.75, 3.05) is 12.5 Å². The number of fused-ring (bicyclic) bond motifs is 1. The molecule has 0 saturated carbocycles. The predicted octanol–water partition coefficient (Wildman–Crippen LogP) is 7.21. The van der Waals surface area contributed by atoms with Crippen LogP contribution >= 0.6 is 0 Å². The number of sulfone groups is 2. The molecule has 4 aromatic carbocycles. The van der Waals surface area contributed by atoms with Crippen LogP contribution in [-0.4, -0.2) is 34.3 Å². The van der Waals surface area contributed by atoms with E-state index >= 15 is 0 Å². The lowest BCUT2D eigenvalue weighted by Crippen LogP contribution is -2.14. The predicted molar refractivity (Wildman–Crippen MR) is 175 cm³/mol. The molecule has 1 aromatic heterocycles. The molecule has 0 atom stereocenters. The quantitative estimate of drug-likeness (QED) is 0.145. The minimum atomic E-state index is -3.37. The smallest absolute Gasteiger partial charge is 0.175 e. The third kappa shape index (κ3) is 6.46. The van der Waals surface area contributed by atoms with Crippen molar-refractivity contribution < 1.29 is 16.8 Å². The second-order valence-electron chi connectivity index (χ2n) is 11.1. The van der Waals surface area contributed by atoms with E-state index in [0.29, 0.717) is 0 Å². The Balaban J connectivity index is 1.68. The second kappa shape index (κ2) is 11.3. The van der Waals surface area contributed by atoms with Gasteiger partial charge in [0, 0.05) is 29.7 Å². The first-order valence-electron chi connectivity index (χ1n) is 13.6. The summed E-state index contributed by atoms with van der Waals surface area (Å²) in [6, 6.07) is 29.6. The molecule has 1 heterocycles. The molecule has 0 N–H and O–H groups in total. The summed E-state index contributed by atoms with van der Waals surface area (Å²) in [5.41, 5.74) is 6.62. The molecule has 0 saturated heterocycles. The largest absolute Gasteiger partial charge is 0.256 e. The van der Waals surface area contributed by atoms with Gasteiger partial charge in [0.25, 0.3) is 0 Å². The molecule has 5 aromatic rings. The van der Waals surface area contributed by atoms with Crippen LogP contribution in [0.1, 0.15) is 36.1 Å². The standard InChI is InChI=1S/C36H31NO4S2/c1-6-36(2,3)30-23-29-11-8-20-37-35(29)34(24-30)28-10-7-9-25(21-28)22-33(26-12-16-31(17-13-26)42(4,38)39)27-14-18-32(19-15-27)43(5,40)41/h1,7-24H,2-5H3. The Kier molecular flexibility index (Phi) is 7.87. The van der Waals surface area contributed by atoms with Crippen molar-refractivity contribution in [3.05, 3.63) is 126 Å². The first-order chi connectivity index (χ1) is 20.3. The fourth-order valence-corrected chi connectivity index (χ4v) is 6.18. The van der Waals surface area contributed by atoms with Gasteiger partial charge in [0.05, 0.1) is 20.7 Å². The summed E-state index contributed by atoms with van der Waals surface area (Å²) in [4.78, 5) is 5.13. The Labute approximate surface area is 253 Å². The highest BCUT2D eigenvalue weighted by molar-refractivity contribution is 7.91. The van der Waals surface area contributed by atoms with Crippen molar-refractivity contribution in [1.29, 1.82) is 0 Å². The normalized spacial score (nSPS) is 12.1. The van der Waals surface area contributed by atoms with Gasteiger partial charge >= 0.3 is 0 Å². The van der Waals surface area contributed by atoms with Crippen LogP contribution in [-0.2, 0) is 25.1 Å². The number of terminal acetylenes is 1. The molecule has 7 heteroatoms. The summed E-state index contributed by atoms with van der Waals surface area (Å²) in [5, 5.41) is 0.997. The van der Waals surface area contributed by atoms with Crippen LogP contribution in [0.4, 0.5) is 0 Å². The minimum Gasteiger partial charge on any atom is -0.256 e. The number of hydrogen-bond donors (Lipinski definition) is 0. The Hall–Kier alpha value is -4.51. The summed E-state index contributed by atoms with van der Waals surface area (Å²) in [5.74, 6) is 2.90. The van der Waals surface area contributed by atoms with Crippen molar-refractivity contribution in [1.82, 2.24) is 4.98 Å². The highest BCUT2D eigenvalue weighted by Gasteiger charge is 2.20. The van der Waals surface area contributed by atoms with E-state index in [2.05, 4.69) is 29.1 Å². The molecular formula is C36H31NO4S2. The van der Waals surface area contributed by atoms with Crippen LogP contribution in [0, 0.1) is 12.3 Å². The Morgan fingerprint density at radius 1 is 0.767 bits per heavy atom. The van der Waals surface area contributed by atoms with E-state index in [4.69, 9.17) is 6.42 Å². The number of benzene rings is 4. The Morgan fingerprint density at radius 3 is 1.88 bits per heavy atom. The maximum atomic E-state index is 12.1. The Bertz CT molecular complexity index is 2060. The van der Waals surface area contributed by atoms with Gasteiger partial charge in [-0.25, -0.2) is 16.8 Å². The molecule has 43 heavy (non-hydrogen) atoms. The van der Waals surface area contributed by atoms with Crippen molar-refractivity contribution in [3.63, 3.8) is 0 Å². The van der Waals surface area contributed by atoms with Gasteiger partial charge in [-0.3, -0.25) is 4.98 Å². The van der Waals surface area contributed by atoms with E-state index in [-0.39, 0.29) is 9.79 Å². The lowest BCUT2D eigenvalue weighted by Gasteiger charge is -2.20. The average molecular weight is 606 g/mol. The van der Waals surface area contributed by atoms with Gasteiger partial charge < -0.3 is 0 Å². The average Bonchev–Trinajstić information content (AvgIpc) is 2.98. The van der Waals surface area contributed by atoms with Gasteiger partial charge in [-0.05, 0) is 102 Å². The highest BCUT2D eigenvalue weighted by atomic mass is 32.2. The van der Waals surface area contributed by atoms with Gasteiger partial charge in [-0.2, -0.15) is 0 Å². The van der Waals surface area contributed by atoms with Gasteiger partial charge in [0.2, 0.25) is 0 Å². The molecule has 0 fully saturated rings. The summed E-state index contributed by atoms with van der Waals surface area (Å²) in [7, 11) is -6.73. The maximum Gasteiger partial charge on any atom is 0.175 e. The highest BCUT2D eigenvalue weighted by Crippen LogP contribution is 2.35. The molecule has 0 aliphatic rings. The number of hydrogen-bond acceptors (Lipinski definition) is 5. The molecule has 5 nitrogen and oxygen atoms in total. The van der Waals surface area contributed by atoms with Crippen molar-refractivity contribution >= 4 is 42.2 Å². The lowest BCUT2D eigenvalue weighted by atomic mass is 9.83. The summed E-state index contributed by atoms with van der Waals surface area (Å²) >= 11 is 0. The van der Waals surface area contributed by atoms with Crippen LogP contribution in [0.25, 0.3) is 33.7 Å². The van der Waals surface area contributed by atoms with E-state index in [1.54, 1.807) is 54.7 Å². The zero-order valence-electron chi connectivity index (χ0n) is 24.4. The van der Waals surface area contributed by atoms with Gasteiger partial charge in [0.15, 0.2) is 19.7 Å². The molecule has 0 bridgehead atoms. The summed E-state index contributed by atoms with van der Waals surface area (Å²) in [6.07, 6.45) is 12.0. The van der Waals surface area contributed by atoms with E-state index < -0.39 is 25.1 Å². The summed E-state index contributed by atoms with van der Waals surface area (Å²) < 4.78 is 48.4. The molecule has 0 amide bonds. The van der Waals surface area contributed by atoms with E-state index in [9.17, 15) is 16.8 Å². The number of aromatic nitrogens is 1. The third-order valence-corrected chi connectivity index (χ3v) is 9.74. The van der Waals surface area contributed by atoms with Gasteiger partial charge in [0.1, 0.15) is 0 Å². The zero-order chi connectivity index (χ0) is 31.0. The van der Waals surface area contributed by atoms with Crippen molar-refractivity contribution in [2.24, 2.45) is 0 Å². The van der Waals surface area contributed by atoms with Gasteiger partial charge in [-0.15, -0.1) is 6.42 Å². The monoisotopic (exact) mass is 605 g/mol. The number of nitrogens with zero attached hydrogens (tertiary/aromatic N) is 1. The van der Waals surface area contributed by atoms with Crippen molar-refractivity contribution in [2.45, 2.75) is 29.1 Å². The molecule has 0 aliphatic carbocycles. The van der Waals surface area contributed by atoms with E-state index in [1.807, 2.05) is 50.3 Å². The number of rotatable bonds is 7. The van der Waals surface area contributed by atoms with Gasteiger partial charge in [-0.1, -0.05) is 54.5 Å². The molecule has 0 spiro atoms. The number of pyridine rings is 1. The molecule has 216 valence electrons. The molecule has 0 radical (unpaired) electrons. The third-order valence-electron chi connectivity index (χ3n) is 7.48. The van der Waals surface area contributed by atoms with Crippen LogP contribution in [0.5, 0.6) is 0 Å². The second-order valence-corrected chi connectivity index (χ2v) is 15.2. The first-order valence-corrected chi connectivity index (χ1v) is 17.3. The fourth-order valence-electron chi connectivity index (χ4n) is 4.92. The van der Waals surface area contributed by atoms with E-state index in [0.717, 1.165) is 49.9 Å². The maximum absolute atomic E-state index is 12.1. The molecular weight excluding hydrogens is 575 g/mol. The zero-order valence-corrected chi connectivity index (χ0v) is 26.0. The lowest BCUT2D eigenvalue weighted by molar-refractivity contribution is 0.600. The molecule has 0 unspecified atom stereocenters. The molecule has 5 rings (SSSR count). The topological polar surface area (TPSA) is 81.2 Å². The first kappa shape index (κ1) is 30.0. The van der Waals surface area contributed by atoms with Crippen LogP contribution < -0.4 is 0 Å². The fraction of sp³-hybridized carbons (Fsp3) is 0.139. The Morgan fingerprint density at radius 2 is 1.35 bits per heavy atom. The molecule has 0 aliphatic heterocycles. The minimum absolute atomic E-state index is 0.221. The van der Waals surface area contributed by atoms with E-state index in [1.165, 1.54) is 12.5 Å². The summed E-state index contributed by atoms with van der Waals surface area (Å²) in [6.45, 7) is 4.04. The van der Waals surface area contributed by atoms with Crippen LogP contribution in [0.3, 0.4) is 0 Å². The van der Waals surface area contributed by atoms with Crippen LogP contribution in [0.15, 0.2) is 113 Å². The van der Waals surface area contributed by atoms with Crippen LogP contribution in [0.2, 0.25) is 0 Å². The SMILES string of the molecule is C#CC(C)(C)c1cc(-c2cccc(C=C(c3ccc(S(C)(=O)=O)cc3)c3ccc(S(C)(=O)=O)cc3)c2)c2ncccc2c1.